The summed E-state index contributed by atoms with van der Waals surface area (Å²) in [4.78, 5) is 0. The maximum absolute atomic E-state index is 14.2. The molecule has 114 valence electrons. The second-order valence-electron chi connectivity index (χ2n) is 4.23. The molecular weight excluding hydrogens is 302 g/mol. The lowest BCUT2D eigenvalue weighted by Crippen LogP contribution is -2.17. The fourth-order valence-corrected chi connectivity index (χ4v) is 1.90. The second-order valence-corrected chi connectivity index (χ2v) is 4.23. The van der Waals surface area contributed by atoms with E-state index in [-0.39, 0.29) is 22.4 Å². The molecule has 2 aromatic rings. The van der Waals surface area contributed by atoms with Gasteiger partial charge in [0.1, 0.15) is 5.75 Å². The summed E-state index contributed by atoms with van der Waals surface area (Å²) >= 11 is 0. The Morgan fingerprint density at radius 3 is 2.45 bits per heavy atom. The number of nitrogens with zero attached hydrogens (tertiary/aromatic N) is 1. The van der Waals surface area contributed by atoms with Crippen molar-refractivity contribution in [2.75, 3.05) is 7.11 Å². The molecule has 0 amide bonds. The van der Waals surface area contributed by atoms with Gasteiger partial charge in [-0.2, -0.15) is 5.26 Å². The van der Waals surface area contributed by atoms with E-state index in [1.165, 1.54) is 31.4 Å². The highest BCUT2D eigenvalue weighted by Gasteiger charge is 2.31. The highest BCUT2D eigenvalue weighted by atomic mass is 19.4. The third kappa shape index (κ3) is 3.47. The van der Waals surface area contributed by atoms with Crippen molar-refractivity contribution in [2.24, 2.45) is 0 Å². The van der Waals surface area contributed by atoms with Gasteiger partial charge >= 0.3 is 6.36 Å². The van der Waals surface area contributed by atoms with Crippen LogP contribution in [0.3, 0.4) is 0 Å². The van der Waals surface area contributed by atoms with E-state index in [1.807, 2.05) is 0 Å². The molecule has 0 fully saturated rings. The molecule has 0 saturated carbocycles. The van der Waals surface area contributed by atoms with Crippen molar-refractivity contribution in [3.63, 3.8) is 0 Å². The van der Waals surface area contributed by atoms with Gasteiger partial charge in [0.25, 0.3) is 0 Å². The number of ether oxygens (including phenoxy) is 2. The molecular formula is C15H9F4NO2. The van der Waals surface area contributed by atoms with Gasteiger partial charge in [-0.15, -0.1) is 13.2 Å². The molecule has 3 nitrogen and oxygen atoms in total. The highest BCUT2D eigenvalue weighted by molar-refractivity contribution is 5.69. The van der Waals surface area contributed by atoms with Crippen molar-refractivity contribution in [3.8, 4) is 28.7 Å². The largest absolute Gasteiger partial charge is 0.573 e. The van der Waals surface area contributed by atoms with Gasteiger partial charge in [0.15, 0.2) is 11.6 Å². The van der Waals surface area contributed by atoms with Crippen LogP contribution < -0.4 is 9.47 Å². The van der Waals surface area contributed by atoms with Crippen LogP contribution in [0.25, 0.3) is 11.1 Å². The zero-order valence-corrected chi connectivity index (χ0v) is 11.2. The van der Waals surface area contributed by atoms with Crippen molar-refractivity contribution < 1.29 is 27.0 Å². The first-order valence-corrected chi connectivity index (χ1v) is 5.98. The maximum atomic E-state index is 14.2. The predicted octanol–water partition coefficient (Wildman–Crippen LogP) is 4.27. The number of hydrogen-bond acceptors (Lipinski definition) is 3. The van der Waals surface area contributed by atoms with Crippen LogP contribution in [0.15, 0.2) is 36.4 Å². The third-order valence-corrected chi connectivity index (χ3v) is 2.76. The Balaban J connectivity index is 2.56. The molecule has 0 bridgehead atoms. The molecule has 0 aromatic heterocycles. The van der Waals surface area contributed by atoms with Crippen molar-refractivity contribution in [3.05, 3.63) is 47.8 Å². The second kappa shape index (κ2) is 5.93. The molecule has 0 radical (unpaired) electrons. The standard InChI is InChI=1S/C15H9F4NO2/c1-21-13-4-2-3-12(14(13)16)10-5-9(8-20)6-11(7-10)22-15(17,18)19/h2-7H,1H3. The Kier molecular flexibility index (Phi) is 4.22. The van der Waals surface area contributed by atoms with Crippen LogP contribution in [-0.4, -0.2) is 13.5 Å². The smallest absolute Gasteiger partial charge is 0.494 e. The molecule has 0 aliphatic carbocycles. The maximum Gasteiger partial charge on any atom is 0.573 e. The number of halogens is 4. The number of rotatable bonds is 3. The van der Waals surface area contributed by atoms with E-state index >= 15 is 0 Å². The van der Waals surface area contributed by atoms with Gasteiger partial charge < -0.3 is 9.47 Å². The first kappa shape index (κ1) is 15.6. The number of methoxy groups -OCH3 is 1. The SMILES string of the molecule is COc1cccc(-c2cc(C#N)cc(OC(F)(F)F)c2)c1F. The molecule has 0 aliphatic heterocycles. The van der Waals surface area contributed by atoms with Gasteiger partial charge in [-0.25, -0.2) is 4.39 Å². The number of benzene rings is 2. The van der Waals surface area contributed by atoms with Gasteiger partial charge in [0.05, 0.1) is 18.7 Å². The van der Waals surface area contributed by atoms with Crippen LogP contribution in [0, 0.1) is 17.1 Å². The number of alkyl halides is 3. The van der Waals surface area contributed by atoms with Crippen LogP contribution in [0.1, 0.15) is 5.56 Å². The van der Waals surface area contributed by atoms with Crippen molar-refractivity contribution in [1.82, 2.24) is 0 Å². The Hall–Kier alpha value is -2.75. The molecule has 2 rings (SSSR count). The lowest BCUT2D eigenvalue weighted by atomic mass is 10.0. The average molecular weight is 311 g/mol. The molecule has 7 heteroatoms. The molecule has 0 unspecified atom stereocenters. The van der Waals surface area contributed by atoms with E-state index in [9.17, 15) is 17.6 Å². The van der Waals surface area contributed by atoms with E-state index in [1.54, 1.807) is 6.07 Å². The first-order valence-electron chi connectivity index (χ1n) is 5.98. The monoisotopic (exact) mass is 311 g/mol. The summed E-state index contributed by atoms with van der Waals surface area (Å²) in [5, 5.41) is 8.90. The molecule has 0 atom stereocenters. The molecule has 22 heavy (non-hydrogen) atoms. The Labute approximate surface area is 123 Å². The summed E-state index contributed by atoms with van der Waals surface area (Å²) in [5.41, 5.74) is -0.00264. The summed E-state index contributed by atoms with van der Waals surface area (Å²) in [6, 6.07) is 9.14. The minimum atomic E-state index is -4.90. The Morgan fingerprint density at radius 2 is 1.86 bits per heavy atom. The lowest BCUT2D eigenvalue weighted by molar-refractivity contribution is -0.274. The van der Waals surface area contributed by atoms with Crippen molar-refractivity contribution >= 4 is 0 Å². The summed E-state index contributed by atoms with van der Waals surface area (Å²) in [7, 11) is 1.27. The van der Waals surface area contributed by atoms with Gasteiger partial charge in [-0.3, -0.25) is 0 Å². The van der Waals surface area contributed by atoms with Crippen LogP contribution in [-0.2, 0) is 0 Å². The summed E-state index contributed by atoms with van der Waals surface area (Å²) in [6.07, 6.45) is -4.90. The van der Waals surface area contributed by atoms with E-state index in [2.05, 4.69) is 4.74 Å². The summed E-state index contributed by atoms with van der Waals surface area (Å²) in [6.45, 7) is 0. The third-order valence-electron chi connectivity index (χ3n) is 2.76. The van der Waals surface area contributed by atoms with E-state index in [0.29, 0.717) is 0 Å². The Bertz CT molecular complexity index is 735. The average Bonchev–Trinajstić information content (AvgIpc) is 2.45. The zero-order chi connectivity index (χ0) is 16.3. The Morgan fingerprint density at radius 1 is 1.14 bits per heavy atom. The molecule has 0 N–H and O–H groups in total. The van der Waals surface area contributed by atoms with Crippen molar-refractivity contribution in [2.45, 2.75) is 6.36 Å². The summed E-state index contributed by atoms with van der Waals surface area (Å²) < 4.78 is 59.7. The van der Waals surface area contributed by atoms with Crippen molar-refractivity contribution in [1.29, 1.82) is 5.26 Å². The van der Waals surface area contributed by atoms with E-state index < -0.39 is 17.9 Å². The molecule has 0 aliphatic rings. The first-order chi connectivity index (χ1) is 10.3. The fraction of sp³-hybridized carbons (Fsp3) is 0.133. The topological polar surface area (TPSA) is 42.2 Å². The van der Waals surface area contributed by atoms with E-state index in [0.717, 1.165) is 12.1 Å². The van der Waals surface area contributed by atoms with Gasteiger partial charge in [0.2, 0.25) is 0 Å². The molecule has 0 spiro atoms. The highest BCUT2D eigenvalue weighted by Crippen LogP contribution is 2.33. The number of hydrogen-bond donors (Lipinski definition) is 0. The quantitative estimate of drug-likeness (QED) is 0.795. The van der Waals surface area contributed by atoms with Crippen LogP contribution in [0.5, 0.6) is 11.5 Å². The van der Waals surface area contributed by atoms with Gasteiger partial charge in [-0.1, -0.05) is 12.1 Å². The molecule has 0 saturated heterocycles. The fourth-order valence-electron chi connectivity index (χ4n) is 1.90. The normalized spacial score (nSPS) is 10.9. The van der Waals surface area contributed by atoms with E-state index in [4.69, 9.17) is 10.00 Å². The molecule has 0 heterocycles. The van der Waals surface area contributed by atoms with Crippen LogP contribution in [0.4, 0.5) is 17.6 Å². The van der Waals surface area contributed by atoms with Gasteiger partial charge in [-0.05, 0) is 29.8 Å². The lowest BCUT2D eigenvalue weighted by Gasteiger charge is -2.12. The van der Waals surface area contributed by atoms with Crippen LogP contribution in [0.2, 0.25) is 0 Å². The molecule has 2 aromatic carbocycles. The number of nitriles is 1. The zero-order valence-electron chi connectivity index (χ0n) is 11.2. The van der Waals surface area contributed by atoms with Crippen LogP contribution >= 0.6 is 0 Å². The minimum absolute atomic E-state index is 0.00322. The minimum Gasteiger partial charge on any atom is -0.494 e. The predicted molar refractivity (Wildman–Crippen MR) is 69.8 cm³/mol. The van der Waals surface area contributed by atoms with Gasteiger partial charge in [0, 0.05) is 5.56 Å². The summed E-state index contributed by atoms with van der Waals surface area (Å²) in [5.74, 6) is -1.39.